The van der Waals surface area contributed by atoms with E-state index >= 15 is 0 Å². The van der Waals surface area contributed by atoms with Gasteiger partial charge in [-0.3, -0.25) is 9.63 Å². The maximum atomic E-state index is 11.6. The number of hydrogen-bond donors (Lipinski definition) is 1. The number of hydrogen-bond acceptors (Lipinski definition) is 5. The minimum Gasteiger partial charge on any atom is -0.465 e. The fourth-order valence-corrected chi connectivity index (χ4v) is 1.68. The molecule has 0 aliphatic carbocycles. The van der Waals surface area contributed by atoms with Crippen molar-refractivity contribution < 1.29 is 14.4 Å². The molecule has 0 aromatic rings. The van der Waals surface area contributed by atoms with Gasteiger partial charge in [-0.05, 0) is 26.7 Å². The number of esters is 1. The first kappa shape index (κ1) is 15.6. The predicted octanol–water partition coefficient (Wildman–Crippen LogP) is 0.716. The Bertz CT molecular complexity index is 218. The first-order valence-corrected chi connectivity index (χ1v) is 5.46. The van der Waals surface area contributed by atoms with Crippen LogP contribution >= 0.6 is 12.4 Å². The molecule has 6 heteroatoms. The number of rotatable bonds is 4. The maximum Gasteiger partial charge on any atom is 0.326 e. The van der Waals surface area contributed by atoms with E-state index in [9.17, 15) is 4.79 Å². The number of nitrogens with two attached hydrogens (primary N) is 1. The smallest absolute Gasteiger partial charge is 0.326 e. The number of halogens is 1. The van der Waals surface area contributed by atoms with Crippen molar-refractivity contribution in [3.63, 3.8) is 0 Å². The predicted molar refractivity (Wildman–Crippen MR) is 63.2 cm³/mol. The maximum absolute atomic E-state index is 11.6. The molecule has 16 heavy (non-hydrogen) atoms. The molecule has 0 unspecified atom stereocenters. The molecule has 0 radical (unpaired) electrons. The summed E-state index contributed by atoms with van der Waals surface area (Å²) in [5.41, 5.74) is 5.17. The molecule has 1 saturated heterocycles. The van der Waals surface area contributed by atoms with Crippen LogP contribution in [-0.2, 0) is 14.4 Å². The van der Waals surface area contributed by atoms with Gasteiger partial charge < -0.3 is 10.5 Å². The molecule has 0 saturated carbocycles. The summed E-state index contributed by atoms with van der Waals surface area (Å²) in [6.45, 7) is 6.13. The van der Waals surface area contributed by atoms with E-state index in [4.69, 9.17) is 15.3 Å². The van der Waals surface area contributed by atoms with E-state index in [0.29, 0.717) is 39.1 Å². The first-order chi connectivity index (χ1) is 7.12. The minimum absolute atomic E-state index is 0. The van der Waals surface area contributed by atoms with Gasteiger partial charge in [0.05, 0.1) is 13.2 Å². The lowest BCUT2D eigenvalue weighted by atomic mass is 9.89. The summed E-state index contributed by atoms with van der Waals surface area (Å²) in [5.74, 6) is -0.291. The lowest BCUT2D eigenvalue weighted by Crippen LogP contribution is -2.56. The van der Waals surface area contributed by atoms with Crippen LogP contribution in [0.1, 0.15) is 26.7 Å². The zero-order chi connectivity index (χ0) is 11.3. The number of ether oxygens (including phenoxy) is 1. The summed E-state index contributed by atoms with van der Waals surface area (Å²) in [6, 6.07) is 0. The lowest BCUT2D eigenvalue weighted by molar-refractivity contribution is -0.180. The van der Waals surface area contributed by atoms with Crippen molar-refractivity contribution >= 4 is 18.4 Å². The van der Waals surface area contributed by atoms with Gasteiger partial charge in [-0.1, -0.05) is 0 Å². The van der Waals surface area contributed by atoms with Crippen molar-refractivity contribution in [2.75, 3.05) is 26.3 Å². The van der Waals surface area contributed by atoms with E-state index in [1.807, 2.05) is 12.0 Å². The van der Waals surface area contributed by atoms with Gasteiger partial charge in [-0.25, -0.2) is 0 Å². The van der Waals surface area contributed by atoms with Crippen LogP contribution in [-0.4, -0.2) is 42.9 Å². The van der Waals surface area contributed by atoms with Crippen LogP contribution in [0.4, 0.5) is 0 Å². The third-order valence-corrected chi connectivity index (χ3v) is 2.61. The van der Waals surface area contributed by atoms with Gasteiger partial charge in [0, 0.05) is 13.1 Å². The van der Waals surface area contributed by atoms with E-state index in [-0.39, 0.29) is 18.4 Å². The van der Waals surface area contributed by atoms with Crippen LogP contribution in [0, 0.1) is 0 Å². The molecule has 0 bridgehead atoms. The molecule has 0 amide bonds. The molecule has 0 aromatic carbocycles. The Hall–Kier alpha value is -0.360. The molecule has 1 aliphatic heterocycles. The average molecular weight is 253 g/mol. The van der Waals surface area contributed by atoms with Gasteiger partial charge in [0.2, 0.25) is 0 Å². The van der Waals surface area contributed by atoms with E-state index < -0.39 is 5.54 Å². The second-order valence-electron chi connectivity index (χ2n) is 3.72. The van der Waals surface area contributed by atoms with Crippen LogP contribution < -0.4 is 5.73 Å². The van der Waals surface area contributed by atoms with Gasteiger partial charge in [-0.2, -0.15) is 5.06 Å². The van der Waals surface area contributed by atoms with Crippen LogP contribution in [0.3, 0.4) is 0 Å². The summed E-state index contributed by atoms with van der Waals surface area (Å²) in [6.07, 6.45) is 1.18. The first-order valence-electron chi connectivity index (χ1n) is 5.46. The summed E-state index contributed by atoms with van der Waals surface area (Å²) in [5, 5.41) is 1.85. The van der Waals surface area contributed by atoms with E-state index in [1.54, 1.807) is 6.92 Å². The zero-order valence-corrected chi connectivity index (χ0v) is 10.7. The van der Waals surface area contributed by atoms with Gasteiger partial charge in [0.25, 0.3) is 0 Å². The molecule has 1 rings (SSSR count). The Morgan fingerprint density at radius 2 is 1.88 bits per heavy atom. The molecule has 0 aromatic heterocycles. The van der Waals surface area contributed by atoms with E-state index in [2.05, 4.69) is 0 Å². The van der Waals surface area contributed by atoms with Crippen LogP contribution in [0.5, 0.6) is 0 Å². The van der Waals surface area contributed by atoms with Crippen molar-refractivity contribution in [3.05, 3.63) is 0 Å². The third-order valence-electron chi connectivity index (χ3n) is 2.61. The highest BCUT2D eigenvalue weighted by Gasteiger charge is 2.39. The Balaban J connectivity index is 0.00000225. The number of nitrogens with zero attached hydrogens (tertiary/aromatic N) is 1. The van der Waals surface area contributed by atoms with Gasteiger partial charge in [0.15, 0.2) is 0 Å². The molecule has 1 aliphatic rings. The summed E-state index contributed by atoms with van der Waals surface area (Å²) >= 11 is 0. The molecule has 0 spiro atoms. The van der Waals surface area contributed by atoms with E-state index in [0.717, 1.165) is 0 Å². The highest BCUT2D eigenvalue weighted by atomic mass is 35.5. The second kappa shape index (κ2) is 7.06. The standard InChI is InChI=1S/C10H20N2O3.ClH/c1-3-14-9(13)10(11)5-7-12(8-6-10)15-4-2;/h3-8,11H2,1-2H3;1H. The third kappa shape index (κ3) is 3.90. The van der Waals surface area contributed by atoms with Gasteiger partial charge >= 0.3 is 5.97 Å². The topological polar surface area (TPSA) is 64.8 Å². The quantitative estimate of drug-likeness (QED) is 0.747. The molecule has 96 valence electrons. The summed E-state index contributed by atoms with van der Waals surface area (Å²) < 4.78 is 4.96. The SMILES string of the molecule is CCOC(=O)C1(N)CCN(OCC)CC1.Cl. The summed E-state index contributed by atoms with van der Waals surface area (Å²) in [7, 11) is 0. The average Bonchev–Trinajstić information content (AvgIpc) is 2.22. The molecule has 2 N–H and O–H groups in total. The Labute approximate surface area is 103 Å². The number of piperidine rings is 1. The highest BCUT2D eigenvalue weighted by molar-refractivity contribution is 5.85. The molecule has 1 fully saturated rings. The second-order valence-corrected chi connectivity index (χ2v) is 3.72. The van der Waals surface area contributed by atoms with Crippen LogP contribution in [0.25, 0.3) is 0 Å². The number of carbonyl (C=O) groups excluding carboxylic acids is 1. The number of hydroxylamine groups is 2. The Kier molecular flexibility index (Phi) is 6.90. The van der Waals surface area contributed by atoms with Crippen molar-refractivity contribution in [2.45, 2.75) is 32.2 Å². The van der Waals surface area contributed by atoms with Crippen molar-refractivity contribution in [2.24, 2.45) is 5.73 Å². The van der Waals surface area contributed by atoms with Crippen molar-refractivity contribution in [1.82, 2.24) is 5.06 Å². The Morgan fingerprint density at radius 1 is 1.31 bits per heavy atom. The fourth-order valence-electron chi connectivity index (χ4n) is 1.68. The highest BCUT2D eigenvalue weighted by Crippen LogP contribution is 2.21. The van der Waals surface area contributed by atoms with Crippen molar-refractivity contribution in [1.29, 1.82) is 0 Å². The normalized spacial score (nSPS) is 19.9. The van der Waals surface area contributed by atoms with E-state index in [1.165, 1.54) is 0 Å². The molecule has 1 heterocycles. The molecular formula is C10H21ClN2O3. The lowest BCUT2D eigenvalue weighted by Gasteiger charge is -2.36. The van der Waals surface area contributed by atoms with Gasteiger partial charge in [-0.15, -0.1) is 12.4 Å². The van der Waals surface area contributed by atoms with Crippen molar-refractivity contribution in [3.8, 4) is 0 Å². The largest absolute Gasteiger partial charge is 0.465 e. The Morgan fingerprint density at radius 3 is 2.31 bits per heavy atom. The minimum atomic E-state index is -0.816. The van der Waals surface area contributed by atoms with Crippen LogP contribution in [0.15, 0.2) is 0 Å². The van der Waals surface area contributed by atoms with Crippen LogP contribution in [0.2, 0.25) is 0 Å². The number of carbonyl (C=O) groups is 1. The molecular weight excluding hydrogens is 232 g/mol. The molecule has 5 nitrogen and oxygen atoms in total. The van der Waals surface area contributed by atoms with Gasteiger partial charge in [0.1, 0.15) is 5.54 Å². The monoisotopic (exact) mass is 252 g/mol. The zero-order valence-electron chi connectivity index (χ0n) is 9.90. The fraction of sp³-hybridized carbons (Fsp3) is 0.900. The molecule has 0 atom stereocenters. The summed E-state index contributed by atoms with van der Waals surface area (Å²) in [4.78, 5) is 16.9.